The summed E-state index contributed by atoms with van der Waals surface area (Å²) in [7, 11) is 0. The van der Waals surface area contributed by atoms with Crippen LogP contribution in [-0.2, 0) is 6.42 Å². The molecule has 0 spiro atoms. The molecule has 1 aliphatic heterocycles. The van der Waals surface area contributed by atoms with Gasteiger partial charge < -0.3 is 19.2 Å². The molecule has 2 unspecified atom stereocenters. The summed E-state index contributed by atoms with van der Waals surface area (Å²) in [6, 6.07) is 4.71. The summed E-state index contributed by atoms with van der Waals surface area (Å²) in [6.45, 7) is 9.35. The average molecular weight is 471 g/mol. The van der Waals surface area contributed by atoms with Gasteiger partial charge in [0.1, 0.15) is 5.76 Å². The van der Waals surface area contributed by atoms with Gasteiger partial charge in [-0.05, 0) is 38.3 Å². The summed E-state index contributed by atoms with van der Waals surface area (Å²) in [5.74, 6) is 2.61. The zero-order chi connectivity index (χ0) is 17.6. The molecule has 7 heteroatoms. The van der Waals surface area contributed by atoms with Crippen LogP contribution >= 0.6 is 24.0 Å². The second-order valence-corrected chi connectivity index (χ2v) is 7.12. The quantitative estimate of drug-likeness (QED) is 0.412. The molecule has 0 radical (unpaired) electrons. The van der Waals surface area contributed by atoms with E-state index in [1.165, 1.54) is 0 Å². The van der Waals surface area contributed by atoms with Gasteiger partial charge in [0.2, 0.25) is 0 Å². The van der Waals surface area contributed by atoms with Crippen molar-refractivity contribution < 1.29 is 4.42 Å². The van der Waals surface area contributed by atoms with Crippen LogP contribution in [0.3, 0.4) is 0 Å². The van der Waals surface area contributed by atoms with Crippen LogP contribution < -0.4 is 5.32 Å². The van der Waals surface area contributed by atoms with E-state index in [4.69, 9.17) is 9.41 Å². The molecule has 3 heterocycles. The van der Waals surface area contributed by atoms with E-state index in [-0.39, 0.29) is 24.0 Å². The molecule has 0 aliphatic carbocycles. The molecule has 144 valence electrons. The van der Waals surface area contributed by atoms with E-state index in [1.54, 1.807) is 6.26 Å². The van der Waals surface area contributed by atoms with Gasteiger partial charge in [-0.2, -0.15) is 0 Å². The third-order valence-corrected chi connectivity index (χ3v) is 4.74. The summed E-state index contributed by atoms with van der Waals surface area (Å²) in [5, 5.41) is 3.53. The number of aromatic nitrogens is 2. The maximum absolute atomic E-state index is 5.41. The fraction of sp³-hybridized carbons (Fsp3) is 0.579. The number of furan rings is 1. The van der Waals surface area contributed by atoms with E-state index in [0.29, 0.717) is 18.0 Å². The lowest BCUT2D eigenvalue weighted by atomic mass is 9.93. The standard InChI is InChI=1S/C19H29N5O.HI/c1-15(2)22-19(21-8-6-17-5-4-12-25-17)23-10-7-16(3)18(13-23)24-11-9-20-14-24;/h4-5,9,11-12,14-16,18H,6-8,10,13H2,1-3H3,(H,21,22);1H. The van der Waals surface area contributed by atoms with Gasteiger partial charge in [-0.1, -0.05) is 6.92 Å². The van der Waals surface area contributed by atoms with Crippen LogP contribution in [0.2, 0.25) is 0 Å². The van der Waals surface area contributed by atoms with Crippen molar-refractivity contribution in [1.29, 1.82) is 0 Å². The summed E-state index contributed by atoms with van der Waals surface area (Å²) >= 11 is 0. The Hall–Kier alpha value is -1.51. The van der Waals surface area contributed by atoms with E-state index < -0.39 is 0 Å². The number of nitrogens with zero attached hydrogens (tertiary/aromatic N) is 4. The number of imidazole rings is 1. The predicted octanol–water partition coefficient (Wildman–Crippen LogP) is 3.57. The van der Waals surface area contributed by atoms with Crippen LogP contribution in [0.25, 0.3) is 0 Å². The van der Waals surface area contributed by atoms with Gasteiger partial charge in [0.15, 0.2) is 5.96 Å². The summed E-state index contributed by atoms with van der Waals surface area (Å²) in [5.41, 5.74) is 0. The van der Waals surface area contributed by atoms with Crippen molar-refractivity contribution in [3.8, 4) is 0 Å². The molecule has 1 N–H and O–H groups in total. The van der Waals surface area contributed by atoms with Crippen LogP contribution in [0.15, 0.2) is 46.5 Å². The van der Waals surface area contributed by atoms with Crippen molar-refractivity contribution >= 4 is 29.9 Å². The van der Waals surface area contributed by atoms with Crippen LogP contribution in [0.5, 0.6) is 0 Å². The summed E-state index contributed by atoms with van der Waals surface area (Å²) in [6.07, 6.45) is 9.54. The Labute approximate surface area is 173 Å². The smallest absolute Gasteiger partial charge is 0.194 e. The molecular weight excluding hydrogens is 441 g/mol. The first-order chi connectivity index (χ1) is 12.1. The maximum atomic E-state index is 5.41. The SMILES string of the molecule is CC(C)NC(=NCCc1ccco1)N1CCC(C)C(n2ccnc2)C1.I. The molecule has 2 aromatic rings. The predicted molar refractivity (Wildman–Crippen MR) is 115 cm³/mol. The molecule has 0 bridgehead atoms. The van der Waals surface area contributed by atoms with Crippen LogP contribution in [0, 0.1) is 5.92 Å². The van der Waals surface area contributed by atoms with Gasteiger partial charge >= 0.3 is 0 Å². The fourth-order valence-corrected chi connectivity index (χ4v) is 3.32. The van der Waals surface area contributed by atoms with Crippen molar-refractivity contribution in [3.63, 3.8) is 0 Å². The van der Waals surface area contributed by atoms with Crippen molar-refractivity contribution in [3.05, 3.63) is 42.9 Å². The highest BCUT2D eigenvalue weighted by Crippen LogP contribution is 2.27. The first-order valence-corrected chi connectivity index (χ1v) is 9.19. The molecule has 1 saturated heterocycles. The Morgan fingerprint density at radius 2 is 2.31 bits per heavy atom. The minimum absolute atomic E-state index is 0. The summed E-state index contributed by atoms with van der Waals surface area (Å²) in [4.78, 5) is 11.4. The van der Waals surface area contributed by atoms with Crippen molar-refractivity contribution in [2.24, 2.45) is 10.9 Å². The molecular formula is C19H30IN5O. The number of rotatable bonds is 5. The first-order valence-electron chi connectivity index (χ1n) is 9.19. The largest absolute Gasteiger partial charge is 0.469 e. The number of aliphatic imine (C=N–C) groups is 1. The highest BCUT2D eigenvalue weighted by molar-refractivity contribution is 14.0. The Morgan fingerprint density at radius 3 is 2.96 bits per heavy atom. The number of hydrogen-bond donors (Lipinski definition) is 1. The fourth-order valence-electron chi connectivity index (χ4n) is 3.32. The number of halogens is 1. The lowest BCUT2D eigenvalue weighted by Crippen LogP contribution is -2.50. The van der Waals surface area contributed by atoms with Crippen LogP contribution in [-0.4, -0.2) is 46.1 Å². The molecule has 2 aromatic heterocycles. The van der Waals surface area contributed by atoms with Gasteiger partial charge in [0.05, 0.1) is 18.6 Å². The highest BCUT2D eigenvalue weighted by atomic mass is 127. The average Bonchev–Trinajstić information content (AvgIpc) is 3.28. The molecule has 1 aliphatic rings. The zero-order valence-corrected chi connectivity index (χ0v) is 18.2. The number of piperidine rings is 1. The van der Waals surface area contributed by atoms with Crippen LogP contribution in [0.4, 0.5) is 0 Å². The van der Waals surface area contributed by atoms with Crippen molar-refractivity contribution in [1.82, 2.24) is 19.8 Å². The molecule has 0 amide bonds. The minimum Gasteiger partial charge on any atom is -0.469 e. The van der Waals surface area contributed by atoms with Gasteiger partial charge in [0, 0.05) is 44.5 Å². The molecule has 0 saturated carbocycles. The highest BCUT2D eigenvalue weighted by Gasteiger charge is 2.29. The molecule has 6 nitrogen and oxygen atoms in total. The third-order valence-electron chi connectivity index (χ3n) is 4.74. The molecule has 2 atom stereocenters. The lowest BCUT2D eigenvalue weighted by Gasteiger charge is -2.39. The molecule has 3 rings (SSSR count). The minimum atomic E-state index is 0. The number of likely N-dealkylation sites (tertiary alicyclic amines) is 1. The summed E-state index contributed by atoms with van der Waals surface area (Å²) < 4.78 is 7.64. The Morgan fingerprint density at radius 1 is 1.46 bits per heavy atom. The lowest BCUT2D eigenvalue weighted by molar-refractivity contribution is 0.188. The number of hydrogen-bond acceptors (Lipinski definition) is 3. The molecule has 0 aromatic carbocycles. The van der Waals surface area contributed by atoms with Crippen molar-refractivity contribution in [2.45, 2.75) is 45.7 Å². The second kappa shape index (κ2) is 9.99. The van der Waals surface area contributed by atoms with E-state index in [9.17, 15) is 0 Å². The monoisotopic (exact) mass is 471 g/mol. The Kier molecular flexibility index (Phi) is 7.99. The van der Waals surface area contributed by atoms with Crippen molar-refractivity contribution in [2.75, 3.05) is 19.6 Å². The topological polar surface area (TPSA) is 58.6 Å². The van der Waals surface area contributed by atoms with E-state index in [0.717, 1.165) is 44.2 Å². The Balaban J connectivity index is 0.00000243. The zero-order valence-electron chi connectivity index (χ0n) is 15.8. The number of nitrogens with one attached hydrogen (secondary N) is 1. The van der Waals surface area contributed by atoms with E-state index in [1.807, 2.05) is 24.7 Å². The maximum Gasteiger partial charge on any atom is 0.194 e. The third kappa shape index (κ3) is 5.49. The Bertz CT molecular complexity index is 654. The molecule has 1 fully saturated rings. The number of guanidine groups is 1. The van der Waals surface area contributed by atoms with Gasteiger partial charge in [-0.15, -0.1) is 24.0 Å². The van der Waals surface area contributed by atoms with Gasteiger partial charge in [-0.25, -0.2) is 4.98 Å². The normalized spacial score (nSPS) is 20.9. The van der Waals surface area contributed by atoms with Gasteiger partial charge in [-0.3, -0.25) is 4.99 Å². The molecule has 26 heavy (non-hydrogen) atoms. The van der Waals surface area contributed by atoms with Crippen LogP contribution in [0.1, 0.15) is 39.0 Å². The van der Waals surface area contributed by atoms with Gasteiger partial charge in [0.25, 0.3) is 0 Å². The van der Waals surface area contributed by atoms with E-state index >= 15 is 0 Å². The first kappa shape index (κ1) is 20.8. The van der Waals surface area contributed by atoms with E-state index in [2.05, 4.69) is 46.7 Å². The second-order valence-electron chi connectivity index (χ2n) is 7.12.